The molecular formula is C14H23N3O. The van der Waals surface area contributed by atoms with Gasteiger partial charge < -0.3 is 10.5 Å². The van der Waals surface area contributed by atoms with Gasteiger partial charge in [0, 0.05) is 30.9 Å². The molecule has 0 atom stereocenters. The van der Waals surface area contributed by atoms with Crippen molar-refractivity contribution < 1.29 is 4.74 Å². The first-order valence-electron chi connectivity index (χ1n) is 6.64. The first kappa shape index (κ1) is 13.3. The first-order valence-corrected chi connectivity index (χ1v) is 6.64. The second kappa shape index (κ2) is 6.16. The van der Waals surface area contributed by atoms with Gasteiger partial charge in [0.15, 0.2) is 0 Å². The minimum atomic E-state index is 0.414. The predicted molar refractivity (Wildman–Crippen MR) is 72.5 cm³/mol. The van der Waals surface area contributed by atoms with Crippen LogP contribution in [-0.2, 0) is 6.54 Å². The summed E-state index contributed by atoms with van der Waals surface area (Å²) in [4.78, 5) is 6.65. The molecule has 0 unspecified atom stereocenters. The Morgan fingerprint density at radius 3 is 2.61 bits per heavy atom. The average molecular weight is 249 g/mol. The summed E-state index contributed by atoms with van der Waals surface area (Å²) in [6.07, 6.45) is 6.61. The molecule has 0 spiro atoms. The fraction of sp³-hybridized carbons (Fsp3) is 0.643. The predicted octanol–water partition coefficient (Wildman–Crippen LogP) is 1.79. The van der Waals surface area contributed by atoms with Gasteiger partial charge in [0.05, 0.1) is 7.11 Å². The minimum Gasteiger partial charge on any atom is -0.481 e. The number of hydrogen-bond donors (Lipinski definition) is 1. The van der Waals surface area contributed by atoms with Crippen LogP contribution < -0.4 is 10.5 Å². The molecule has 0 aromatic carbocycles. The number of hydrogen-bond acceptors (Lipinski definition) is 4. The largest absolute Gasteiger partial charge is 0.481 e. The van der Waals surface area contributed by atoms with Gasteiger partial charge in [-0.25, -0.2) is 4.98 Å². The standard InChI is InChI=1S/C14H23N3O/c1-17(13-6-4-12(15)5-7-13)10-11-3-8-14(18-2)16-9-11/h3,8-9,12-13H,4-7,10,15H2,1-2H3. The van der Waals surface area contributed by atoms with Crippen molar-refractivity contribution in [1.29, 1.82) is 0 Å². The normalized spacial score (nSPS) is 24.2. The summed E-state index contributed by atoms with van der Waals surface area (Å²) in [6, 6.07) is 5.07. The molecule has 0 bridgehead atoms. The monoisotopic (exact) mass is 249 g/mol. The number of methoxy groups -OCH3 is 1. The number of pyridine rings is 1. The van der Waals surface area contributed by atoms with Gasteiger partial charge in [-0.05, 0) is 38.3 Å². The van der Waals surface area contributed by atoms with E-state index in [1.807, 2.05) is 12.3 Å². The summed E-state index contributed by atoms with van der Waals surface area (Å²) < 4.78 is 5.06. The molecule has 4 nitrogen and oxygen atoms in total. The van der Waals surface area contributed by atoms with Gasteiger partial charge in [-0.2, -0.15) is 0 Å². The highest BCUT2D eigenvalue weighted by molar-refractivity contribution is 5.17. The van der Waals surface area contributed by atoms with Gasteiger partial charge in [0.25, 0.3) is 0 Å². The summed E-state index contributed by atoms with van der Waals surface area (Å²) >= 11 is 0. The lowest BCUT2D eigenvalue weighted by Crippen LogP contribution is -2.38. The molecule has 2 N–H and O–H groups in total. The SMILES string of the molecule is COc1ccc(CN(C)C2CCC(N)CC2)cn1. The van der Waals surface area contributed by atoms with E-state index >= 15 is 0 Å². The van der Waals surface area contributed by atoms with Crippen LogP contribution in [0, 0.1) is 0 Å². The summed E-state index contributed by atoms with van der Waals surface area (Å²) in [5.74, 6) is 0.671. The Labute approximate surface area is 109 Å². The molecule has 1 saturated carbocycles. The number of rotatable bonds is 4. The van der Waals surface area contributed by atoms with Crippen molar-refractivity contribution in [3.05, 3.63) is 23.9 Å². The van der Waals surface area contributed by atoms with Crippen LogP contribution in [0.5, 0.6) is 5.88 Å². The van der Waals surface area contributed by atoms with Crippen molar-refractivity contribution in [2.45, 2.75) is 44.3 Å². The van der Waals surface area contributed by atoms with Crippen LogP contribution in [0.15, 0.2) is 18.3 Å². The Balaban J connectivity index is 1.87. The lowest BCUT2D eigenvalue weighted by Gasteiger charge is -2.33. The molecule has 1 aliphatic carbocycles. The van der Waals surface area contributed by atoms with Gasteiger partial charge in [0.1, 0.15) is 0 Å². The summed E-state index contributed by atoms with van der Waals surface area (Å²) in [7, 11) is 3.82. The second-order valence-electron chi connectivity index (χ2n) is 5.19. The lowest BCUT2D eigenvalue weighted by molar-refractivity contribution is 0.176. The Kier molecular flexibility index (Phi) is 4.55. The molecule has 100 valence electrons. The van der Waals surface area contributed by atoms with Gasteiger partial charge in [-0.1, -0.05) is 6.07 Å². The Bertz CT molecular complexity index is 358. The van der Waals surface area contributed by atoms with Crippen LogP contribution in [0.25, 0.3) is 0 Å². The molecule has 1 aliphatic rings. The second-order valence-corrected chi connectivity index (χ2v) is 5.19. The highest BCUT2D eigenvalue weighted by Gasteiger charge is 2.21. The number of nitrogens with zero attached hydrogens (tertiary/aromatic N) is 2. The average Bonchev–Trinajstić information content (AvgIpc) is 2.40. The van der Waals surface area contributed by atoms with Crippen molar-refractivity contribution in [2.75, 3.05) is 14.2 Å². The van der Waals surface area contributed by atoms with E-state index in [1.54, 1.807) is 7.11 Å². The van der Waals surface area contributed by atoms with E-state index in [9.17, 15) is 0 Å². The van der Waals surface area contributed by atoms with E-state index < -0.39 is 0 Å². The van der Waals surface area contributed by atoms with E-state index in [1.165, 1.54) is 18.4 Å². The van der Waals surface area contributed by atoms with Crippen LogP contribution >= 0.6 is 0 Å². The zero-order valence-corrected chi connectivity index (χ0v) is 11.3. The molecule has 1 aromatic rings. The highest BCUT2D eigenvalue weighted by atomic mass is 16.5. The molecule has 4 heteroatoms. The molecule has 1 heterocycles. The molecule has 1 fully saturated rings. The summed E-state index contributed by atoms with van der Waals surface area (Å²) in [6.45, 7) is 0.941. The molecule has 0 saturated heterocycles. The first-order chi connectivity index (χ1) is 8.69. The zero-order chi connectivity index (χ0) is 13.0. The third kappa shape index (κ3) is 3.43. The van der Waals surface area contributed by atoms with Crippen molar-refractivity contribution in [2.24, 2.45) is 5.73 Å². The summed E-state index contributed by atoms with van der Waals surface area (Å²) in [5.41, 5.74) is 7.17. The third-order valence-electron chi connectivity index (χ3n) is 3.80. The van der Waals surface area contributed by atoms with E-state index in [-0.39, 0.29) is 0 Å². The lowest BCUT2D eigenvalue weighted by atomic mass is 9.91. The molecule has 18 heavy (non-hydrogen) atoms. The van der Waals surface area contributed by atoms with Gasteiger partial charge >= 0.3 is 0 Å². The maximum absolute atomic E-state index is 5.94. The van der Waals surface area contributed by atoms with E-state index in [2.05, 4.69) is 23.0 Å². The van der Waals surface area contributed by atoms with Gasteiger partial charge in [-0.3, -0.25) is 4.90 Å². The topological polar surface area (TPSA) is 51.4 Å². The quantitative estimate of drug-likeness (QED) is 0.884. The molecule has 2 rings (SSSR count). The number of nitrogens with two attached hydrogens (primary N) is 1. The van der Waals surface area contributed by atoms with Crippen molar-refractivity contribution in [3.63, 3.8) is 0 Å². The van der Waals surface area contributed by atoms with Crippen LogP contribution in [0.1, 0.15) is 31.2 Å². The maximum Gasteiger partial charge on any atom is 0.212 e. The van der Waals surface area contributed by atoms with Crippen LogP contribution in [0.4, 0.5) is 0 Å². The highest BCUT2D eigenvalue weighted by Crippen LogP contribution is 2.22. The smallest absolute Gasteiger partial charge is 0.212 e. The van der Waals surface area contributed by atoms with Crippen LogP contribution in [0.2, 0.25) is 0 Å². The molecule has 0 radical (unpaired) electrons. The Hall–Kier alpha value is -1.13. The van der Waals surface area contributed by atoms with E-state index in [0.29, 0.717) is 18.0 Å². The maximum atomic E-state index is 5.94. The number of aromatic nitrogens is 1. The Morgan fingerprint density at radius 1 is 1.33 bits per heavy atom. The van der Waals surface area contributed by atoms with E-state index in [4.69, 9.17) is 10.5 Å². The fourth-order valence-corrected chi connectivity index (χ4v) is 2.58. The summed E-state index contributed by atoms with van der Waals surface area (Å²) in [5, 5.41) is 0. The third-order valence-corrected chi connectivity index (χ3v) is 3.80. The van der Waals surface area contributed by atoms with Crippen molar-refractivity contribution >= 4 is 0 Å². The molecular weight excluding hydrogens is 226 g/mol. The van der Waals surface area contributed by atoms with Crippen LogP contribution in [-0.4, -0.2) is 36.1 Å². The van der Waals surface area contributed by atoms with Crippen LogP contribution in [0.3, 0.4) is 0 Å². The van der Waals surface area contributed by atoms with E-state index in [0.717, 1.165) is 19.4 Å². The molecule has 0 aliphatic heterocycles. The van der Waals surface area contributed by atoms with Crippen molar-refractivity contribution in [1.82, 2.24) is 9.88 Å². The Morgan fingerprint density at radius 2 is 2.06 bits per heavy atom. The fourth-order valence-electron chi connectivity index (χ4n) is 2.58. The van der Waals surface area contributed by atoms with Gasteiger partial charge in [0.2, 0.25) is 5.88 Å². The minimum absolute atomic E-state index is 0.414. The van der Waals surface area contributed by atoms with Crippen molar-refractivity contribution in [3.8, 4) is 5.88 Å². The van der Waals surface area contributed by atoms with Gasteiger partial charge in [-0.15, -0.1) is 0 Å². The molecule has 1 aromatic heterocycles. The molecule has 0 amide bonds. The zero-order valence-electron chi connectivity index (χ0n) is 11.3. The number of ether oxygens (including phenoxy) is 1.